The fourth-order valence-electron chi connectivity index (χ4n) is 1.40. The van der Waals surface area contributed by atoms with E-state index in [9.17, 15) is 5.11 Å². The van der Waals surface area contributed by atoms with Gasteiger partial charge in [-0.2, -0.15) is 0 Å². The first-order valence-electron chi connectivity index (χ1n) is 4.27. The van der Waals surface area contributed by atoms with Crippen LogP contribution in [0.15, 0.2) is 12.7 Å². The Kier molecular flexibility index (Phi) is 3.08. The third-order valence-corrected chi connectivity index (χ3v) is 1.96. The normalized spacial score (nSPS) is 34.5. The summed E-state index contributed by atoms with van der Waals surface area (Å²) in [4.78, 5) is 0. The molecule has 1 rings (SSSR count). The molecule has 0 aromatic carbocycles. The second kappa shape index (κ2) is 3.75. The van der Waals surface area contributed by atoms with Gasteiger partial charge in [0.2, 0.25) is 0 Å². The van der Waals surface area contributed by atoms with Crippen LogP contribution in [-0.4, -0.2) is 40.9 Å². The quantitative estimate of drug-likeness (QED) is 0.614. The van der Waals surface area contributed by atoms with Crippen LogP contribution in [0.1, 0.15) is 13.8 Å². The van der Waals surface area contributed by atoms with Crippen molar-refractivity contribution in [1.29, 1.82) is 0 Å². The van der Waals surface area contributed by atoms with Gasteiger partial charge < -0.3 is 19.7 Å². The fourth-order valence-corrected chi connectivity index (χ4v) is 1.40. The van der Waals surface area contributed by atoms with Gasteiger partial charge in [0, 0.05) is 0 Å². The zero-order valence-corrected chi connectivity index (χ0v) is 7.93. The fraction of sp³-hybridized carbons (Fsp3) is 0.778. The van der Waals surface area contributed by atoms with Crippen LogP contribution in [0.2, 0.25) is 0 Å². The first-order chi connectivity index (χ1) is 6.00. The van der Waals surface area contributed by atoms with Crippen LogP contribution < -0.4 is 0 Å². The van der Waals surface area contributed by atoms with Gasteiger partial charge in [-0.25, -0.2) is 0 Å². The molecule has 0 aromatic heterocycles. The summed E-state index contributed by atoms with van der Waals surface area (Å²) in [7, 11) is 0. The van der Waals surface area contributed by atoms with Crippen molar-refractivity contribution in [3.8, 4) is 0 Å². The predicted molar refractivity (Wildman–Crippen MR) is 47.1 cm³/mol. The summed E-state index contributed by atoms with van der Waals surface area (Å²) in [6.45, 7) is 6.75. The van der Waals surface area contributed by atoms with Gasteiger partial charge in [0.1, 0.15) is 18.3 Å². The summed E-state index contributed by atoms with van der Waals surface area (Å²) >= 11 is 0. The zero-order valence-electron chi connectivity index (χ0n) is 7.93. The molecule has 4 nitrogen and oxygen atoms in total. The number of aliphatic hydroxyl groups is 2. The van der Waals surface area contributed by atoms with Crippen molar-refractivity contribution in [3.63, 3.8) is 0 Å². The van der Waals surface area contributed by atoms with E-state index in [1.54, 1.807) is 19.9 Å². The van der Waals surface area contributed by atoms with E-state index in [2.05, 4.69) is 6.58 Å². The predicted octanol–water partition coefficient (Wildman–Crippen LogP) is 0.0457. The first-order valence-corrected chi connectivity index (χ1v) is 4.27. The summed E-state index contributed by atoms with van der Waals surface area (Å²) in [5.41, 5.74) is 0. The Bertz CT molecular complexity index is 190. The topological polar surface area (TPSA) is 58.9 Å². The Balaban J connectivity index is 2.68. The highest BCUT2D eigenvalue weighted by Gasteiger charge is 2.42. The summed E-state index contributed by atoms with van der Waals surface area (Å²) in [5.74, 6) is -0.723. The lowest BCUT2D eigenvalue weighted by atomic mass is 10.1. The van der Waals surface area contributed by atoms with Crippen LogP contribution in [0.25, 0.3) is 0 Å². The third-order valence-electron chi connectivity index (χ3n) is 1.96. The Morgan fingerprint density at radius 3 is 2.62 bits per heavy atom. The molecule has 0 saturated carbocycles. The van der Waals surface area contributed by atoms with Crippen LogP contribution in [0, 0.1) is 0 Å². The molecule has 0 aromatic rings. The number of hydrogen-bond donors (Lipinski definition) is 2. The summed E-state index contributed by atoms with van der Waals surface area (Å²) in [6, 6.07) is 0. The van der Waals surface area contributed by atoms with Crippen LogP contribution >= 0.6 is 0 Å². The molecule has 0 amide bonds. The summed E-state index contributed by atoms with van der Waals surface area (Å²) < 4.78 is 10.8. The molecule has 2 N–H and O–H groups in total. The molecule has 1 fully saturated rings. The molecule has 0 radical (unpaired) electrons. The Morgan fingerprint density at radius 2 is 2.15 bits per heavy atom. The van der Waals surface area contributed by atoms with E-state index in [1.165, 1.54) is 0 Å². The molecule has 76 valence electrons. The minimum atomic E-state index is -0.926. The molecule has 1 aliphatic heterocycles. The molecule has 1 saturated heterocycles. The lowest BCUT2D eigenvalue weighted by Gasteiger charge is -2.19. The molecular formula is C9H16O4. The van der Waals surface area contributed by atoms with Gasteiger partial charge in [-0.05, 0) is 13.8 Å². The molecule has 3 atom stereocenters. The maximum atomic E-state index is 9.39. The van der Waals surface area contributed by atoms with Gasteiger partial charge in [-0.1, -0.05) is 6.08 Å². The van der Waals surface area contributed by atoms with Gasteiger partial charge in [0.25, 0.3) is 0 Å². The van der Waals surface area contributed by atoms with Crippen molar-refractivity contribution < 1.29 is 19.7 Å². The molecular weight excluding hydrogens is 172 g/mol. The molecule has 0 unspecified atom stereocenters. The Morgan fingerprint density at radius 1 is 1.54 bits per heavy atom. The SMILES string of the molecule is C=C[C@H]1OC(C)(C)O[C@@H]1[C@H](O)CO. The maximum Gasteiger partial charge on any atom is 0.164 e. The molecule has 13 heavy (non-hydrogen) atoms. The Hall–Kier alpha value is -0.420. The number of rotatable bonds is 3. The van der Waals surface area contributed by atoms with E-state index in [4.69, 9.17) is 14.6 Å². The van der Waals surface area contributed by atoms with E-state index < -0.39 is 18.0 Å². The standard InChI is InChI=1S/C9H16O4/c1-4-7-8(6(11)5-10)13-9(2,3)12-7/h4,6-8,10-11H,1,5H2,2-3H3/t6-,7-,8-/m1/s1. The first kappa shape index (κ1) is 10.7. The van der Waals surface area contributed by atoms with Crippen molar-refractivity contribution in [3.05, 3.63) is 12.7 Å². The molecule has 1 heterocycles. The number of hydrogen-bond acceptors (Lipinski definition) is 4. The van der Waals surface area contributed by atoms with Gasteiger partial charge in [-0.3, -0.25) is 0 Å². The van der Waals surface area contributed by atoms with Crippen molar-refractivity contribution in [2.24, 2.45) is 0 Å². The molecule has 1 aliphatic rings. The lowest BCUT2D eigenvalue weighted by Crippen LogP contribution is -2.36. The van der Waals surface area contributed by atoms with Gasteiger partial charge in [-0.15, -0.1) is 6.58 Å². The van der Waals surface area contributed by atoms with E-state index in [0.717, 1.165) is 0 Å². The molecule has 0 aliphatic carbocycles. The Labute approximate surface area is 77.8 Å². The second-order valence-corrected chi connectivity index (χ2v) is 3.55. The highest BCUT2D eigenvalue weighted by Crippen LogP contribution is 2.30. The van der Waals surface area contributed by atoms with E-state index in [-0.39, 0.29) is 12.7 Å². The van der Waals surface area contributed by atoms with Crippen LogP contribution in [0.5, 0.6) is 0 Å². The van der Waals surface area contributed by atoms with Crippen molar-refractivity contribution in [2.45, 2.75) is 37.9 Å². The average Bonchev–Trinajstić information content (AvgIpc) is 2.39. The van der Waals surface area contributed by atoms with E-state index in [1.807, 2.05) is 0 Å². The zero-order chi connectivity index (χ0) is 10.1. The average molecular weight is 188 g/mol. The second-order valence-electron chi connectivity index (χ2n) is 3.55. The maximum absolute atomic E-state index is 9.39. The summed E-state index contributed by atoms with van der Waals surface area (Å²) in [6.07, 6.45) is -0.252. The summed E-state index contributed by atoms with van der Waals surface area (Å²) in [5, 5.41) is 18.1. The molecule has 0 spiro atoms. The molecule has 4 heteroatoms. The van der Waals surface area contributed by atoms with E-state index >= 15 is 0 Å². The minimum Gasteiger partial charge on any atom is -0.394 e. The van der Waals surface area contributed by atoms with Gasteiger partial charge in [0.05, 0.1) is 6.61 Å². The number of ether oxygens (including phenoxy) is 2. The van der Waals surface area contributed by atoms with Crippen LogP contribution in [0.4, 0.5) is 0 Å². The van der Waals surface area contributed by atoms with Gasteiger partial charge in [0.15, 0.2) is 5.79 Å². The largest absolute Gasteiger partial charge is 0.394 e. The minimum absolute atomic E-state index is 0.339. The van der Waals surface area contributed by atoms with E-state index in [0.29, 0.717) is 0 Å². The van der Waals surface area contributed by atoms with Crippen molar-refractivity contribution in [1.82, 2.24) is 0 Å². The smallest absolute Gasteiger partial charge is 0.164 e. The van der Waals surface area contributed by atoms with Crippen LogP contribution in [0.3, 0.4) is 0 Å². The lowest BCUT2D eigenvalue weighted by molar-refractivity contribution is -0.155. The highest BCUT2D eigenvalue weighted by atomic mass is 16.8. The third kappa shape index (κ3) is 2.28. The van der Waals surface area contributed by atoms with Crippen molar-refractivity contribution >= 4 is 0 Å². The number of aliphatic hydroxyl groups excluding tert-OH is 2. The van der Waals surface area contributed by atoms with Gasteiger partial charge >= 0.3 is 0 Å². The van der Waals surface area contributed by atoms with Crippen LogP contribution in [-0.2, 0) is 9.47 Å². The monoisotopic (exact) mass is 188 g/mol. The highest BCUT2D eigenvalue weighted by molar-refractivity contribution is 4.96. The van der Waals surface area contributed by atoms with Crippen molar-refractivity contribution in [2.75, 3.05) is 6.61 Å². The molecule has 0 bridgehead atoms.